The Kier molecular flexibility index (Phi) is 11.3. The Morgan fingerprint density at radius 2 is 1.84 bits per heavy atom. The van der Waals surface area contributed by atoms with E-state index in [0.29, 0.717) is 5.41 Å². The average molecular weight is 548 g/mol. The highest BCUT2D eigenvalue weighted by molar-refractivity contribution is 14.0. The minimum atomic E-state index is -0.177. The summed E-state index contributed by atoms with van der Waals surface area (Å²) in [5.41, 5.74) is 1.45. The largest absolute Gasteiger partial charge is 0.385 e. The molecular weight excluding hydrogens is 508 g/mol. The van der Waals surface area contributed by atoms with Crippen molar-refractivity contribution < 1.29 is 9.13 Å². The van der Waals surface area contributed by atoms with Gasteiger partial charge in [-0.2, -0.15) is 0 Å². The number of benzene rings is 1. The number of methoxy groups -OCH3 is 1. The minimum Gasteiger partial charge on any atom is -0.385 e. The molecule has 3 rings (SSSR count). The SMILES string of the molecule is CCNC(=NCC1(CCOC)CCC1)NCCN1CCN(c2ccc(F)cc2)CC1.I. The Balaban J connectivity index is 0.00000341. The van der Waals surface area contributed by atoms with Gasteiger partial charge < -0.3 is 20.3 Å². The molecule has 6 nitrogen and oxygen atoms in total. The van der Waals surface area contributed by atoms with Crippen LogP contribution in [0.25, 0.3) is 0 Å². The molecule has 1 aromatic rings. The van der Waals surface area contributed by atoms with E-state index in [1.54, 1.807) is 7.11 Å². The van der Waals surface area contributed by atoms with Gasteiger partial charge in [-0.3, -0.25) is 9.89 Å². The summed E-state index contributed by atoms with van der Waals surface area (Å²) in [6.45, 7) is 10.5. The van der Waals surface area contributed by atoms with Crippen LogP contribution in [0.15, 0.2) is 29.3 Å². The number of hydrogen-bond donors (Lipinski definition) is 2. The van der Waals surface area contributed by atoms with E-state index in [1.165, 1.54) is 31.4 Å². The van der Waals surface area contributed by atoms with Crippen LogP contribution in [-0.4, -0.2) is 76.9 Å². The van der Waals surface area contributed by atoms with E-state index in [2.05, 4.69) is 27.4 Å². The van der Waals surface area contributed by atoms with E-state index in [-0.39, 0.29) is 29.8 Å². The molecular formula is C23H39FIN5O. The maximum absolute atomic E-state index is 13.1. The molecule has 0 radical (unpaired) electrons. The van der Waals surface area contributed by atoms with E-state index < -0.39 is 0 Å². The van der Waals surface area contributed by atoms with Crippen LogP contribution in [0, 0.1) is 11.2 Å². The summed E-state index contributed by atoms with van der Waals surface area (Å²) in [5.74, 6) is 0.745. The van der Waals surface area contributed by atoms with Crippen LogP contribution in [0.3, 0.4) is 0 Å². The zero-order valence-electron chi connectivity index (χ0n) is 19.0. The average Bonchev–Trinajstić information content (AvgIpc) is 2.74. The molecule has 0 spiro atoms. The zero-order valence-corrected chi connectivity index (χ0v) is 21.4. The van der Waals surface area contributed by atoms with Crippen LogP contribution in [-0.2, 0) is 4.74 Å². The molecule has 1 saturated heterocycles. The van der Waals surface area contributed by atoms with Gasteiger partial charge in [-0.1, -0.05) is 6.42 Å². The summed E-state index contributed by atoms with van der Waals surface area (Å²) >= 11 is 0. The van der Waals surface area contributed by atoms with Crippen LogP contribution in [0.1, 0.15) is 32.6 Å². The third-order valence-corrected chi connectivity index (χ3v) is 6.45. The quantitative estimate of drug-likeness (QED) is 0.268. The molecule has 1 heterocycles. The topological polar surface area (TPSA) is 52.1 Å². The number of anilines is 1. The summed E-state index contributed by atoms with van der Waals surface area (Å²) < 4.78 is 18.4. The van der Waals surface area contributed by atoms with Crippen LogP contribution >= 0.6 is 24.0 Å². The molecule has 2 N–H and O–H groups in total. The highest BCUT2D eigenvalue weighted by Gasteiger charge is 2.36. The molecule has 0 unspecified atom stereocenters. The Labute approximate surface area is 204 Å². The normalized spacial score (nSPS) is 18.8. The molecule has 2 aliphatic rings. The van der Waals surface area contributed by atoms with Crippen LogP contribution in [0.4, 0.5) is 10.1 Å². The van der Waals surface area contributed by atoms with Crippen molar-refractivity contribution >= 4 is 35.6 Å². The lowest BCUT2D eigenvalue weighted by Crippen LogP contribution is -2.49. The second-order valence-electron chi connectivity index (χ2n) is 8.52. The standard InChI is InChI=1S/C23H38FN5O.HI/c1-3-25-22(27-19-23(9-4-10-23)11-18-30-2)26-12-13-28-14-16-29(17-15-28)21-7-5-20(24)6-8-21;/h5-8H,3-4,9-19H2,1-2H3,(H2,25,26,27);1H. The number of nitrogens with zero attached hydrogens (tertiary/aromatic N) is 3. The molecule has 0 aromatic heterocycles. The fraction of sp³-hybridized carbons (Fsp3) is 0.696. The summed E-state index contributed by atoms with van der Waals surface area (Å²) in [6, 6.07) is 6.81. The number of piperazine rings is 1. The third-order valence-electron chi connectivity index (χ3n) is 6.45. The summed E-state index contributed by atoms with van der Waals surface area (Å²) in [4.78, 5) is 9.68. The molecule has 8 heteroatoms. The van der Waals surface area contributed by atoms with Crippen molar-refractivity contribution in [1.29, 1.82) is 0 Å². The Morgan fingerprint density at radius 1 is 1.13 bits per heavy atom. The minimum absolute atomic E-state index is 0. The first-order valence-corrected chi connectivity index (χ1v) is 11.4. The predicted molar refractivity (Wildman–Crippen MR) is 137 cm³/mol. The van der Waals surface area contributed by atoms with Crippen molar-refractivity contribution in [3.63, 3.8) is 0 Å². The van der Waals surface area contributed by atoms with E-state index in [0.717, 1.165) is 77.0 Å². The Hall–Kier alpha value is -1.13. The second-order valence-corrected chi connectivity index (χ2v) is 8.52. The molecule has 0 atom stereocenters. The van der Waals surface area contributed by atoms with Gasteiger partial charge in [0.1, 0.15) is 5.82 Å². The smallest absolute Gasteiger partial charge is 0.191 e. The summed E-state index contributed by atoms with van der Waals surface area (Å²) in [5, 5.41) is 6.89. The summed E-state index contributed by atoms with van der Waals surface area (Å²) in [7, 11) is 1.78. The Morgan fingerprint density at radius 3 is 2.42 bits per heavy atom. The van der Waals surface area contributed by atoms with Gasteiger partial charge in [0.25, 0.3) is 0 Å². The van der Waals surface area contributed by atoms with Gasteiger partial charge in [0, 0.05) is 71.8 Å². The van der Waals surface area contributed by atoms with Gasteiger partial charge in [-0.05, 0) is 55.9 Å². The van der Waals surface area contributed by atoms with Gasteiger partial charge >= 0.3 is 0 Å². The number of hydrogen-bond acceptors (Lipinski definition) is 4. The number of aliphatic imine (C=N–C) groups is 1. The van der Waals surface area contributed by atoms with E-state index in [9.17, 15) is 4.39 Å². The van der Waals surface area contributed by atoms with Crippen LogP contribution in [0.5, 0.6) is 0 Å². The van der Waals surface area contributed by atoms with Crippen molar-refractivity contribution in [2.45, 2.75) is 32.6 Å². The lowest BCUT2D eigenvalue weighted by Gasteiger charge is -2.40. The second kappa shape index (κ2) is 13.4. The zero-order chi connectivity index (χ0) is 21.2. The van der Waals surface area contributed by atoms with Crippen molar-refractivity contribution in [2.24, 2.45) is 10.4 Å². The van der Waals surface area contributed by atoms with Gasteiger partial charge in [-0.25, -0.2) is 4.39 Å². The number of nitrogens with one attached hydrogen (secondary N) is 2. The highest BCUT2D eigenvalue weighted by Crippen LogP contribution is 2.44. The number of halogens is 2. The van der Waals surface area contributed by atoms with E-state index in [1.807, 2.05) is 12.1 Å². The molecule has 0 amide bonds. The Bertz CT molecular complexity index is 660. The molecule has 0 bridgehead atoms. The monoisotopic (exact) mass is 547 g/mol. The van der Waals surface area contributed by atoms with E-state index in [4.69, 9.17) is 9.73 Å². The molecule has 176 valence electrons. The van der Waals surface area contributed by atoms with Gasteiger partial charge in [-0.15, -0.1) is 24.0 Å². The molecule has 1 aromatic carbocycles. The van der Waals surface area contributed by atoms with Crippen molar-refractivity contribution in [1.82, 2.24) is 15.5 Å². The lowest BCUT2D eigenvalue weighted by atomic mass is 9.67. The molecule has 31 heavy (non-hydrogen) atoms. The van der Waals surface area contributed by atoms with Gasteiger partial charge in [0.2, 0.25) is 0 Å². The van der Waals surface area contributed by atoms with Crippen LogP contribution < -0.4 is 15.5 Å². The highest BCUT2D eigenvalue weighted by atomic mass is 127. The molecule has 2 fully saturated rings. The molecule has 1 saturated carbocycles. The fourth-order valence-electron chi connectivity index (χ4n) is 4.29. The van der Waals surface area contributed by atoms with Crippen LogP contribution in [0.2, 0.25) is 0 Å². The van der Waals surface area contributed by atoms with Gasteiger partial charge in [0.15, 0.2) is 5.96 Å². The first kappa shape index (κ1) is 26.1. The lowest BCUT2D eigenvalue weighted by molar-refractivity contribution is 0.0778. The first-order valence-electron chi connectivity index (χ1n) is 11.4. The van der Waals surface area contributed by atoms with Gasteiger partial charge in [0.05, 0.1) is 0 Å². The molecule has 1 aliphatic heterocycles. The number of rotatable bonds is 10. The molecule has 1 aliphatic carbocycles. The summed E-state index contributed by atoms with van der Waals surface area (Å²) in [6.07, 6.45) is 4.94. The predicted octanol–water partition coefficient (Wildman–Crippen LogP) is 3.33. The maximum Gasteiger partial charge on any atom is 0.191 e. The van der Waals surface area contributed by atoms with Crippen molar-refractivity contribution in [3.8, 4) is 0 Å². The van der Waals surface area contributed by atoms with Crippen molar-refractivity contribution in [3.05, 3.63) is 30.1 Å². The fourth-order valence-corrected chi connectivity index (χ4v) is 4.29. The maximum atomic E-state index is 13.1. The van der Waals surface area contributed by atoms with E-state index >= 15 is 0 Å². The number of guanidine groups is 1. The number of ether oxygens (including phenoxy) is 1. The third kappa shape index (κ3) is 8.05. The first-order chi connectivity index (χ1) is 14.6. The van der Waals surface area contributed by atoms with Crippen molar-refractivity contribution in [2.75, 3.05) is 71.0 Å².